The summed E-state index contributed by atoms with van der Waals surface area (Å²) in [5, 5.41) is 4.96. The maximum absolute atomic E-state index is 11.9. The van der Waals surface area contributed by atoms with Crippen molar-refractivity contribution in [3.8, 4) is 0 Å². The number of amides is 1. The first-order chi connectivity index (χ1) is 10.1. The summed E-state index contributed by atoms with van der Waals surface area (Å²) in [4.78, 5) is 24.6. The van der Waals surface area contributed by atoms with Crippen LogP contribution in [0.4, 0.5) is 5.69 Å². The van der Waals surface area contributed by atoms with E-state index < -0.39 is 5.97 Å². The van der Waals surface area contributed by atoms with Gasteiger partial charge in [-0.1, -0.05) is 17.7 Å². The lowest BCUT2D eigenvalue weighted by molar-refractivity contribution is -0.115. The Balaban J connectivity index is 2.08. The molecule has 0 unspecified atom stereocenters. The molecule has 1 aromatic heterocycles. The van der Waals surface area contributed by atoms with Crippen molar-refractivity contribution in [2.45, 2.75) is 13.3 Å². The predicted molar refractivity (Wildman–Crippen MR) is 84.1 cm³/mol. The highest BCUT2D eigenvalue weighted by molar-refractivity contribution is 7.10. The van der Waals surface area contributed by atoms with Crippen LogP contribution in [0, 0.1) is 0 Å². The maximum atomic E-state index is 11.9. The molecule has 6 heteroatoms. The van der Waals surface area contributed by atoms with E-state index in [1.54, 1.807) is 19.1 Å². The summed E-state index contributed by atoms with van der Waals surface area (Å²) in [6.45, 7) is 1.99. The van der Waals surface area contributed by atoms with Crippen LogP contribution >= 0.6 is 22.9 Å². The molecule has 0 atom stereocenters. The molecule has 0 spiro atoms. The zero-order chi connectivity index (χ0) is 15.2. The van der Waals surface area contributed by atoms with Crippen molar-refractivity contribution in [2.24, 2.45) is 0 Å². The molecular formula is C15H14ClNO3S. The van der Waals surface area contributed by atoms with E-state index in [4.69, 9.17) is 16.3 Å². The van der Waals surface area contributed by atoms with Gasteiger partial charge in [0, 0.05) is 10.6 Å². The van der Waals surface area contributed by atoms with Crippen molar-refractivity contribution in [1.82, 2.24) is 0 Å². The molecule has 2 rings (SSSR count). The second-order valence-corrected chi connectivity index (χ2v) is 5.66. The summed E-state index contributed by atoms with van der Waals surface area (Å²) in [5.41, 5.74) is 0.761. The number of carbonyl (C=O) groups excluding carboxylic acids is 2. The van der Waals surface area contributed by atoms with E-state index in [1.165, 1.54) is 17.4 Å². The lowest BCUT2D eigenvalue weighted by Crippen LogP contribution is -2.14. The van der Waals surface area contributed by atoms with Crippen LogP contribution in [0.3, 0.4) is 0 Å². The molecular weight excluding hydrogens is 310 g/mol. The van der Waals surface area contributed by atoms with Gasteiger partial charge in [0.1, 0.15) is 0 Å². The fourth-order valence-corrected chi connectivity index (χ4v) is 2.64. The zero-order valence-corrected chi connectivity index (χ0v) is 13.0. The fraction of sp³-hybridized carbons (Fsp3) is 0.200. The van der Waals surface area contributed by atoms with Gasteiger partial charge >= 0.3 is 5.97 Å². The first-order valence-corrected chi connectivity index (χ1v) is 7.65. The molecule has 0 saturated heterocycles. The summed E-state index contributed by atoms with van der Waals surface area (Å²) < 4.78 is 4.92. The monoisotopic (exact) mass is 323 g/mol. The zero-order valence-electron chi connectivity index (χ0n) is 11.4. The molecule has 1 heterocycles. The summed E-state index contributed by atoms with van der Waals surface area (Å²) >= 11 is 7.49. The number of nitrogens with one attached hydrogen (secondary N) is 1. The molecule has 0 aliphatic carbocycles. The van der Waals surface area contributed by atoms with Gasteiger partial charge in [0.15, 0.2) is 0 Å². The Hall–Kier alpha value is -1.85. The van der Waals surface area contributed by atoms with Crippen molar-refractivity contribution in [1.29, 1.82) is 0 Å². The second kappa shape index (κ2) is 7.24. The minimum absolute atomic E-state index is 0.144. The summed E-state index contributed by atoms with van der Waals surface area (Å²) in [6, 6.07) is 8.53. The average Bonchev–Trinajstić information content (AvgIpc) is 2.94. The van der Waals surface area contributed by atoms with Gasteiger partial charge in [0.05, 0.1) is 23.6 Å². The number of ether oxygens (including phenoxy) is 1. The lowest BCUT2D eigenvalue weighted by atomic mass is 10.2. The SMILES string of the molecule is CCOC(=O)c1cc(NC(=O)Cc2cccs2)ccc1Cl. The van der Waals surface area contributed by atoms with Crippen LogP contribution in [0.5, 0.6) is 0 Å². The number of rotatable bonds is 5. The quantitative estimate of drug-likeness (QED) is 0.852. The Morgan fingerprint density at radius 2 is 2.14 bits per heavy atom. The van der Waals surface area contributed by atoms with Crippen molar-refractivity contribution < 1.29 is 14.3 Å². The first-order valence-electron chi connectivity index (χ1n) is 6.39. The largest absolute Gasteiger partial charge is 0.462 e. The number of carbonyl (C=O) groups is 2. The number of hydrogen-bond donors (Lipinski definition) is 1. The normalized spacial score (nSPS) is 10.2. The Morgan fingerprint density at radius 3 is 2.81 bits per heavy atom. The summed E-state index contributed by atoms with van der Waals surface area (Å²) in [5.74, 6) is -0.647. The van der Waals surface area contributed by atoms with Crippen molar-refractivity contribution in [3.63, 3.8) is 0 Å². The van der Waals surface area contributed by atoms with Gasteiger partial charge in [-0.15, -0.1) is 11.3 Å². The molecule has 110 valence electrons. The van der Waals surface area contributed by atoms with Crippen LogP contribution in [0.2, 0.25) is 5.02 Å². The van der Waals surface area contributed by atoms with Crippen LogP contribution < -0.4 is 5.32 Å². The molecule has 0 aliphatic heterocycles. The number of benzene rings is 1. The Kier molecular flexibility index (Phi) is 5.36. The van der Waals surface area contributed by atoms with Gasteiger partial charge in [-0.25, -0.2) is 4.79 Å². The maximum Gasteiger partial charge on any atom is 0.339 e. The highest BCUT2D eigenvalue weighted by Crippen LogP contribution is 2.22. The van der Waals surface area contributed by atoms with Gasteiger partial charge in [0.2, 0.25) is 5.91 Å². The van der Waals surface area contributed by atoms with Crippen molar-refractivity contribution in [2.75, 3.05) is 11.9 Å². The van der Waals surface area contributed by atoms with Crippen LogP contribution in [-0.4, -0.2) is 18.5 Å². The Morgan fingerprint density at radius 1 is 1.33 bits per heavy atom. The number of thiophene rings is 1. The smallest absolute Gasteiger partial charge is 0.339 e. The highest BCUT2D eigenvalue weighted by Gasteiger charge is 2.13. The molecule has 0 saturated carbocycles. The van der Waals surface area contributed by atoms with Crippen molar-refractivity contribution >= 4 is 40.5 Å². The van der Waals surface area contributed by atoms with E-state index in [2.05, 4.69) is 5.32 Å². The van der Waals surface area contributed by atoms with E-state index in [1.807, 2.05) is 17.5 Å². The minimum atomic E-state index is -0.503. The second-order valence-electron chi connectivity index (χ2n) is 4.22. The standard InChI is InChI=1S/C15H14ClNO3S/c1-2-20-15(19)12-8-10(5-6-13(12)16)17-14(18)9-11-4-3-7-21-11/h3-8H,2,9H2,1H3,(H,17,18). The molecule has 1 N–H and O–H groups in total. The average molecular weight is 324 g/mol. The topological polar surface area (TPSA) is 55.4 Å². The predicted octanol–water partition coefficient (Wildman–Crippen LogP) is 3.76. The number of anilines is 1. The first kappa shape index (κ1) is 15.5. The molecule has 4 nitrogen and oxygen atoms in total. The minimum Gasteiger partial charge on any atom is -0.462 e. The fourth-order valence-electron chi connectivity index (χ4n) is 1.74. The molecule has 0 bridgehead atoms. The van der Waals surface area contributed by atoms with Crippen LogP contribution in [0.25, 0.3) is 0 Å². The number of hydrogen-bond acceptors (Lipinski definition) is 4. The molecule has 1 aromatic carbocycles. The van der Waals surface area contributed by atoms with E-state index >= 15 is 0 Å². The summed E-state index contributed by atoms with van der Waals surface area (Å²) in [7, 11) is 0. The molecule has 1 amide bonds. The lowest BCUT2D eigenvalue weighted by Gasteiger charge is -2.08. The molecule has 0 fully saturated rings. The van der Waals surface area contributed by atoms with E-state index in [9.17, 15) is 9.59 Å². The van der Waals surface area contributed by atoms with Gasteiger partial charge in [-0.05, 0) is 36.6 Å². The Bertz CT molecular complexity index is 640. The van der Waals surface area contributed by atoms with Crippen LogP contribution in [0.15, 0.2) is 35.7 Å². The highest BCUT2D eigenvalue weighted by atomic mass is 35.5. The van der Waals surface area contributed by atoms with Crippen LogP contribution in [0.1, 0.15) is 22.2 Å². The van der Waals surface area contributed by atoms with Gasteiger partial charge in [0.25, 0.3) is 0 Å². The van der Waals surface area contributed by atoms with Gasteiger partial charge < -0.3 is 10.1 Å². The molecule has 0 radical (unpaired) electrons. The molecule has 2 aromatic rings. The van der Waals surface area contributed by atoms with E-state index in [0.717, 1.165) is 4.88 Å². The number of halogens is 1. The van der Waals surface area contributed by atoms with Crippen molar-refractivity contribution in [3.05, 3.63) is 51.2 Å². The van der Waals surface area contributed by atoms with Gasteiger partial charge in [-0.3, -0.25) is 4.79 Å². The third kappa shape index (κ3) is 4.31. The van der Waals surface area contributed by atoms with Crippen LogP contribution in [-0.2, 0) is 16.0 Å². The molecule has 21 heavy (non-hydrogen) atoms. The summed E-state index contributed by atoms with van der Waals surface area (Å²) in [6.07, 6.45) is 0.301. The van der Waals surface area contributed by atoms with E-state index in [0.29, 0.717) is 17.1 Å². The van der Waals surface area contributed by atoms with E-state index in [-0.39, 0.29) is 18.1 Å². The third-order valence-corrected chi connectivity index (χ3v) is 3.87. The third-order valence-electron chi connectivity index (χ3n) is 2.66. The molecule has 0 aliphatic rings. The Labute approximate surface area is 131 Å². The van der Waals surface area contributed by atoms with Gasteiger partial charge in [-0.2, -0.15) is 0 Å². The number of esters is 1.